The zero-order chi connectivity index (χ0) is 10.1. The van der Waals surface area contributed by atoms with Gasteiger partial charge in [0.2, 0.25) is 5.89 Å². The fraction of sp³-hybridized carbons (Fsp3) is 0.800. The molecule has 0 saturated heterocycles. The van der Waals surface area contributed by atoms with E-state index in [0.717, 1.165) is 5.82 Å². The Labute approximate surface area is 83.9 Å². The van der Waals surface area contributed by atoms with Crippen LogP contribution >= 0.6 is 0 Å². The van der Waals surface area contributed by atoms with Crippen molar-refractivity contribution in [3.05, 3.63) is 11.7 Å². The fourth-order valence-corrected chi connectivity index (χ4v) is 1.49. The van der Waals surface area contributed by atoms with Gasteiger partial charge in [0.25, 0.3) is 0 Å². The van der Waals surface area contributed by atoms with Crippen LogP contribution in [0.2, 0.25) is 0 Å². The fourth-order valence-electron chi connectivity index (χ4n) is 1.49. The number of hydrogen-bond acceptors (Lipinski definition) is 4. The standard InChI is InChI=1S/C10H17N3O/c1-6(7(2)11)10-12-9(13-14-10)8-4-3-5-8/h6-8H,3-5,11H2,1-2H3. The van der Waals surface area contributed by atoms with Gasteiger partial charge < -0.3 is 10.3 Å². The second-order valence-corrected chi connectivity index (χ2v) is 4.27. The molecule has 0 aliphatic heterocycles. The molecule has 14 heavy (non-hydrogen) atoms. The number of rotatable bonds is 3. The highest BCUT2D eigenvalue weighted by molar-refractivity contribution is 5.02. The van der Waals surface area contributed by atoms with E-state index in [2.05, 4.69) is 10.1 Å². The smallest absolute Gasteiger partial charge is 0.231 e. The lowest BCUT2D eigenvalue weighted by Gasteiger charge is -2.21. The van der Waals surface area contributed by atoms with Gasteiger partial charge in [-0.25, -0.2) is 0 Å². The van der Waals surface area contributed by atoms with Crippen LogP contribution in [0.3, 0.4) is 0 Å². The van der Waals surface area contributed by atoms with Crippen LogP contribution in [0.15, 0.2) is 4.52 Å². The first-order valence-electron chi connectivity index (χ1n) is 5.27. The van der Waals surface area contributed by atoms with Crippen molar-refractivity contribution in [3.63, 3.8) is 0 Å². The number of nitrogens with zero attached hydrogens (tertiary/aromatic N) is 2. The van der Waals surface area contributed by atoms with Crippen molar-refractivity contribution in [1.82, 2.24) is 10.1 Å². The molecule has 2 atom stereocenters. The quantitative estimate of drug-likeness (QED) is 0.798. The Morgan fingerprint density at radius 3 is 2.64 bits per heavy atom. The van der Waals surface area contributed by atoms with E-state index in [-0.39, 0.29) is 12.0 Å². The first kappa shape index (κ1) is 9.65. The number of aromatic nitrogens is 2. The topological polar surface area (TPSA) is 64.9 Å². The minimum absolute atomic E-state index is 0.0599. The predicted octanol–water partition coefficient (Wildman–Crippen LogP) is 1.79. The van der Waals surface area contributed by atoms with Crippen LogP contribution in [-0.4, -0.2) is 16.2 Å². The third-order valence-corrected chi connectivity index (χ3v) is 3.11. The summed E-state index contributed by atoms with van der Waals surface area (Å²) < 4.78 is 5.20. The molecule has 1 aliphatic rings. The Balaban J connectivity index is 2.08. The molecule has 0 spiro atoms. The minimum atomic E-state index is 0.0599. The highest BCUT2D eigenvalue weighted by atomic mass is 16.5. The van der Waals surface area contributed by atoms with Gasteiger partial charge in [0.05, 0.1) is 5.92 Å². The van der Waals surface area contributed by atoms with Gasteiger partial charge in [0.1, 0.15) is 0 Å². The largest absolute Gasteiger partial charge is 0.339 e. The van der Waals surface area contributed by atoms with E-state index in [9.17, 15) is 0 Å². The third kappa shape index (κ3) is 1.66. The average Bonchev–Trinajstić information content (AvgIpc) is 2.48. The second-order valence-electron chi connectivity index (χ2n) is 4.27. The van der Waals surface area contributed by atoms with E-state index < -0.39 is 0 Å². The van der Waals surface area contributed by atoms with Crippen molar-refractivity contribution in [3.8, 4) is 0 Å². The first-order valence-corrected chi connectivity index (χ1v) is 5.27. The molecular formula is C10H17N3O. The molecule has 1 fully saturated rings. The Morgan fingerprint density at radius 1 is 1.43 bits per heavy atom. The van der Waals surface area contributed by atoms with E-state index in [4.69, 9.17) is 10.3 Å². The van der Waals surface area contributed by atoms with E-state index in [0.29, 0.717) is 11.8 Å². The van der Waals surface area contributed by atoms with Crippen molar-refractivity contribution in [2.24, 2.45) is 5.73 Å². The molecule has 1 saturated carbocycles. The van der Waals surface area contributed by atoms with Crippen molar-refractivity contribution in [2.75, 3.05) is 0 Å². The Hall–Kier alpha value is -0.900. The van der Waals surface area contributed by atoms with Gasteiger partial charge in [-0.15, -0.1) is 0 Å². The van der Waals surface area contributed by atoms with Gasteiger partial charge in [-0.3, -0.25) is 0 Å². The average molecular weight is 195 g/mol. The normalized spacial score (nSPS) is 21.6. The van der Waals surface area contributed by atoms with E-state index in [1.165, 1.54) is 19.3 Å². The van der Waals surface area contributed by atoms with Crippen molar-refractivity contribution in [1.29, 1.82) is 0 Å². The Kier molecular flexibility index (Phi) is 2.54. The van der Waals surface area contributed by atoms with Gasteiger partial charge in [-0.1, -0.05) is 18.5 Å². The lowest BCUT2D eigenvalue weighted by atomic mass is 9.85. The van der Waals surface area contributed by atoms with Gasteiger partial charge in [-0.2, -0.15) is 4.98 Å². The first-order chi connectivity index (χ1) is 6.68. The molecule has 1 heterocycles. The number of hydrogen-bond donors (Lipinski definition) is 1. The van der Waals surface area contributed by atoms with Crippen LogP contribution in [0, 0.1) is 0 Å². The molecule has 1 aliphatic carbocycles. The third-order valence-electron chi connectivity index (χ3n) is 3.11. The van der Waals surface area contributed by atoms with Crippen LogP contribution in [0.5, 0.6) is 0 Å². The van der Waals surface area contributed by atoms with Gasteiger partial charge in [-0.05, 0) is 19.8 Å². The summed E-state index contributed by atoms with van der Waals surface area (Å²) in [6.45, 7) is 3.97. The SMILES string of the molecule is CC(N)C(C)c1nc(C2CCC2)no1. The van der Waals surface area contributed by atoms with Crippen LogP contribution in [0.4, 0.5) is 0 Å². The van der Waals surface area contributed by atoms with E-state index in [1.807, 2.05) is 13.8 Å². The van der Waals surface area contributed by atoms with Gasteiger partial charge in [0, 0.05) is 12.0 Å². The monoisotopic (exact) mass is 195 g/mol. The summed E-state index contributed by atoms with van der Waals surface area (Å²) in [6.07, 6.45) is 3.69. The van der Waals surface area contributed by atoms with Crippen LogP contribution < -0.4 is 5.73 Å². The maximum Gasteiger partial charge on any atom is 0.231 e. The molecule has 78 valence electrons. The molecule has 2 unspecified atom stereocenters. The Morgan fingerprint density at radius 2 is 2.14 bits per heavy atom. The van der Waals surface area contributed by atoms with E-state index in [1.54, 1.807) is 0 Å². The summed E-state index contributed by atoms with van der Waals surface area (Å²) in [7, 11) is 0. The molecule has 4 heteroatoms. The molecule has 4 nitrogen and oxygen atoms in total. The zero-order valence-corrected chi connectivity index (χ0v) is 8.73. The molecule has 2 rings (SSSR count). The highest BCUT2D eigenvalue weighted by Crippen LogP contribution is 2.35. The number of nitrogens with two attached hydrogens (primary N) is 1. The van der Waals surface area contributed by atoms with Crippen molar-refractivity contribution >= 4 is 0 Å². The summed E-state index contributed by atoms with van der Waals surface area (Å²) in [6, 6.07) is 0.0599. The molecule has 1 aromatic rings. The van der Waals surface area contributed by atoms with Crippen LogP contribution in [0.1, 0.15) is 56.7 Å². The maximum atomic E-state index is 5.77. The lowest BCUT2D eigenvalue weighted by molar-refractivity contribution is 0.329. The van der Waals surface area contributed by atoms with Gasteiger partial charge >= 0.3 is 0 Å². The molecule has 0 radical (unpaired) electrons. The lowest BCUT2D eigenvalue weighted by Crippen LogP contribution is -2.22. The predicted molar refractivity (Wildman–Crippen MR) is 53.0 cm³/mol. The molecule has 1 aromatic heterocycles. The summed E-state index contributed by atoms with van der Waals surface area (Å²) in [5.74, 6) is 2.24. The molecule has 2 N–H and O–H groups in total. The summed E-state index contributed by atoms with van der Waals surface area (Å²) in [5, 5.41) is 4.00. The zero-order valence-electron chi connectivity index (χ0n) is 8.73. The van der Waals surface area contributed by atoms with Gasteiger partial charge in [0.15, 0.2) is 5.82 Å². The van der Waals surface area contributed by atoms with Crippen LogP contribution in [-0.2, 0) is 0 Å². The minimum Gasteiger partial charge on any atom is -0.339 e. The van der Waals surface area contributed by atoms with Crippen LogP contribution in [0.25, 0.3) is 0 Å². The highest BCUT2D eigenvalue weighted by Gasteiger charge is 2.26. The molecule has 0 amide bonds. The summed E-state index contributed by atoms with van der Waals surface area (Å²) in [4.78, 5) is 4.40. The van der Waals surface area contributed by atoms with Crippen molar-refractivity contribution in [2.45, 2.75) is 51.0 Å². The van der Waals surface area contributed by atoms with Crippen molar-refractivity contribution < 1.29 is 4.52 Å². The Bertz CT molecular complexity index is 304. The summed E-state index contributed by atoms with van der Waals surface area (Å²) in [5.41, 5.74) is 5.77. The summed E-state index contributed by atoms with van der Waals surface area (Å²) >= 11 is 0. The maximum absolute atomic E-state index is 5.77. The second kappa shape index (κ2) is 3.69. The molecule has 0 aromatic carbocycles. The molecular weight excluding hydrogens is 178 g/mol. The van der Waals surface area contributed by atoms with E-state index >= 15 is 0 Å². The molecule has 0 bridgehead atoms.